The minimum absolute atomic E-state index is 0.106. The fourth-order valence-electron chi connectivity index (χ4n) is 2.78. The summed E-state index contributed by atoms with van der Waals surface area (Å²) in [6, 6.07) is 4.32. The quantitative estimate of drug-likeness (QED) is 0.847. The number of carbonyl (C=O) groups is 2. The van der Waals surface area contributed by atoms with Gasteiger partial charge in [-0.05, 0) is 24.1 Å². The van der Waals surface area contributed by atoms with Crippen LogP contribution in [0, 0.1) is 0 Å². The summed E-state index contributed by atoms with van der Waals surface area (Å²) in [6.45, 7) is 2.32. The van der Waals surface area contributed by atoms with Gasteiger partial charge < -0.3 is 10.0 Å². The van der Waals surface area contributed by atoms with Gasteiger partial charge in [0.2, 0.25) is 0 Å². The van der Waals surface area contributed by atoms with E-state index >= 15 is 0 Å². The Bertz CT molecular complexity index is 745. The van der Waals surface area contributed by atoms with Crippen molar-refractivity contribution >= 4 is 33.5 Å². The molecule has 0 radical (unpaired) electrons. The Morgan fingerprint density at radius 2 is 2.08 bits per heavy atom. The molecule has 1 aliphatic rings. The molecule has 8 heteroatoms. The highest BCUT2D eigenvalue weighted by Crippen LogP contribution is 2.24. The van der Waals surface area contributed by atoms with Crippen molar-refractivity contribution in [2.24, 2.45) is 0 Å². The number of benzene rings is 1. The molecule has 6 nitrogen and oxygen atoms in total. The number of sulfone groups is 1. The molecule has 0 aromatic heterocycles. The van der Waals surface area contributed by atoms with Crippen LogP contribution in [0.25, 0.3) is 0 Å². The van der Waals surface area contributed by atoms with E-state index in [4.69, 9.17) is 5.11 Å². The molecule has 1 aromatic rings. The van der Waals surface area contributed by atoms with Gasteiger partial charge in [-0.15, -0.1) is 0 Å². The molecule has 1 saturated heterocycles. The Balaban J connectivity index is 2.36. The first-order valence-electron chi connectivity index (χ1n) is 7.67. The number of carbonyl (C=O) groups excluding carboxylic acids is 1. The van der Waals surface area contributed by atoms with Crippen molar-refractivity contribution in [2.45, 2.75) is 30.7 Å². The van der Waals surface area contributed by atoms with Crippen LogP contribution in [0.1, 0.15) is 29.3 Å². The van der Waals surface area contributed by atoms with Crippen LogP contribution < -0.4 is 0 Å². The molecule has 24 heavy (non-hydrogen) atoms. The van der Waals surface area contributed by atoms with Crippen molar-refractivity contribution in [2.75, 3.05) is 24.3 Å². The number of amides is 1. The lowest BCUT2D eigenvalue weighted by atomic mass is 10.1. The molecule has 1 atom stereocenters. The maximum atomic E-state index is 12.8. The number of aryl methyl sites for hydroxylation is 1. The Morgan fingerprint density at radius 1 is 1.38 bits per heavy atom. The van der Waals surface area contributed by atoms with Crippen molar-refractivity contribution in [3.8, 4) is 0 Å². The Labute approximate surface area is 146 Å². The predicted octanol–water partition coefficient (Wildman–Crippen LogP) is 1.68. The average Bonchev–Trinajstić information content (AvgIpc) is 2.52. The van der Waals surface area contributed by atoms with E-state index in [0.29, 0.717) is 24.3 Å². The van der Waals surface area contributed by atoms with E-state index in [1.807, 2.05) is 6.92 Å². The summed E-state index contributed by atoms with van der Waals surface area (Å²) < 4.78 is 23.9. The first-order valence-corrected chi connectivity index (χ1v) is 10.7. The molecule has 0 saturated carbocycles. The first-order chi connectivity index (χ1) is 11.2. The van der Waals surface area contributed by atoms with Crippen LogP contribution in [0.3, 0.4) is 0 Å². The Kier molecular flexibility index (Phi) is 5.92. The summed E-state index contributed by atoms with van der Waals surface area (Å²) in [5, 5.41) is 9.03. The smallest absolute Gasteiger partial charge is 0.305 e. The normalized spacial score (nSPS) is 18.4. The van der Waals surface area contributed by atoms with Gasteiger partial charge in [-0.1, -0.05) is 13.0 Å². The van der Waals surface area contributed by atoms with Gasteiger partial charge >= 0.3 is 5.97 Å². The lowest BCUT2D eigenvalue weighted by Crippen LogP contribution is -2.47. The van der Waals surface area contributed by atoms with Gasteiger partial charge in [-0.3, -0.25) is 9.59 Å². The zero-order valence-corrected chi connectivity index (χ0v) is 15.3. The number of thioether (sulfide) groups is 1. The van der Waals surface area contributed by atoms with Crippen LogP contribution in [-0.2, 0) is 21.1 Å². The van der Waals surface area contributed by atoms with Gasteiger partial charge in [0.05, 0.1) is 17.4 Å². The van der Waals surface area contributed by atoms with Crippen LogP contribution in [0.15, 0.2) is 23.1 Å². The fourth-order valence-corrected chi connectivity index (χ4v) is 4.88. The molecule has 132 valence electrons. The zero-order valence-electron chi connectivity index (χ0n) is 13.7. The van der Waals surface area contributed by atoms with Crippen molar-refractivity contribution in [3.63, 3.8) is 0 Å². The highest BCUT2D eigenvalue weighted by atomic mass is 32.2. The van der Waals surface area contributed by atoms with Gasteiger partial charge in [-0.25, -0.2) is 8.42 Å². The lowest BCUT2D eigenvalue weighted by molar-refractivity contribution is -0.138. The third kappa shape index (κ3) is 4.30. The summed E-state index contributed by atoms with van der Waals surface area (Å²) in [4.78, 5) is 25.5. The maximum Gasteiger partial charge on any atom is 0.305 e. The van der Waals surface area contributed by atoms with Crippen LogP contribution in [0.4, 0.5) is 0 Å². The molecular formula is C16H21NO5S2. The van der Waals surface area contributed by atoms with E-state index < -0.39 is 15.8 Å². The molecule has 1 aromatic carbocycles. The van der Waals surface area contributed by atoms with Gasteiger partial charge in [0.1, 0.15) is 0 Å². The van der Waals surface area contributed by atoms with Crippen LogP contribution in [-0.4, -0.2) is 60.6 Å². The summed E-state index contributed by atoms with van der Waals surface area (Å²) in [5.74, 6) is 0.0604. The van der Waals surface area contributed by atoms with Crippen LogP contribution in [0.5, 0.6) is 0 Å². The summed E-state index contributed by atoms with van der Waals surface area (Å²) in [5.41, 5.74) is 0.959. The highest BCUT2D eigenvalue weighted by Gasteiger charge is 2.30. The van der Waals surface area contributed by atoms with Gasteiger partial charge in [0, 0.05) is 29.9 Å². The minimum Gasteiger partial charge on any atom is -0.481 e. The van der Waals surface area contributed by atoms with Crippen molar-refractivity contribution in [3.05, 3.63) is 29.3 Å². The fraction of sp³-hybridized carbons (Fsp3) is 0.500. The minimum atomic E-state index is -3.43. The second-order valence-corrected chi connectivity index (χ2v) is 8.91. The molecule has 1 heterocycles. The lowest BCUT2D eigenvalue weighted by Gasteiger charge is -2.34. The van der Waals surface area contributed by atoms with E-state index in [1.165, 1.54) is 6.07 Å². The number of hydrogen-bond donors (Lipinski definition) is 1. The number of carboxylic acid groups (broad SMARTS) is 1. The van der Waals surface area contributed by atoms with Crippen LogP contribution >= 0.6 is 11.8 Å². The van der Waals surface area contributed by atoms with Crippen molar-refractivity contribution in [1.82, 2.24) is 4.90 Å². The third-order valence-electron chi connectivity index (χ3n) is 3.99. The SMILES string of the molecule is CCc1ccc(C(=O)N2CCSCC2CC(=O)O)cc1S(C)(=O)=O. The summed E-state index contributed by atoms with van der Waals surface area (Å²) >= 11 is 1.62. The average molecular weight is 371 g/mol. The monoisotopic (exact) mass is 371 g/mol. The third-order valence-corrected chi connectivity index (χ3v) is 6.26. The van der Waals surface area contributed by atoms with E-state index in [-0.39, 0.29) is 28.8 Å². The van der Waals surface area contributed by atoms with E-state index in [1.54, 1.807) is 28.8 Å². The number of carboxylic acids is 1. The molecule has 2 rings (SSSR count). The van der Waals surface area contributed by atoms with E-state index in [9.17, 15) is 18.0 Å². The van der Waals surface area contributed by atoms with Gasteiger partial charge in [-0.2, -0.15) is 11.8 Å². The first kappa shape index (κ1) is 18.8. The zero-order chi connectivity index (χ0) is 17.9. The van der Waals surface area contributed by atoms with E-state index in [2.05, 4.69) is 0 Å². The Hall–Kier alpha value is -1.54. The van der Waals surface area contributed by atoms with Crippen molar-refractivity contribution in [1.29, 1.82) is 0 Å². The molecular weight excluding hydrogens is 350 g/mol. The van der Waals surface area contributed by atoms with Crippen molar-refractivity contribution < 1.29 is 23.1 Å². The molecule has 0 aliphatic carbocycles. The largest absolute Gasteiger partial charge is 0.481 e. The van der Waals surface area contributed by atoms with Gasteiger partial charge in [0.25, 0.3) is 5.91 Å². The molecule has 0 spiro atoms. The standard InChI is InChI=1S/C16H21NO5S2/c1-3-11-4-5-12(8-14(11)24(2,21)22)16(20)17-6-7-23-10-13(17)9-15(18)19/h4-5,8,13H,3,6-7,9-10H2,1-2H3,(H,18,19). The molecule has 1 N–H and O–H groups in total. The molecule has 0 bridgehead atoms. The maximum absolute atomic E-state index is 12.8. The second kappa shape index (κ2) is 7.57. The van der Waals surface area contributed by atoms with Crippen LogP contribution in [0.2, 0.25) is 0 Å². The number of rotatable bonds is 5. The summed E-state index contributed by atoms with van der Waals surface area (Å²) in [6.07, 6.45) is 1.57. The molecule has 1 unspecified atom stereocenters. The second-order valence-electron chi connectivity index (χ2n) is 5.77. The molecule has 1 amide bonds. The number of nitrogens with zero attached hydrogens (tertiary/aromatic N) is 1. The predicted molar refractivity (Wildman–Crippen MR) is 93.3 cm³/mol. The van der Waals surface area contributed by atoms with Gasteiger partial charge in [0.15, 0.2) is 9.84 Å². The summed E-state index contributed by atoms with van der Waals surface area (Å²) in [7, 11) is -3.43. The van der Waals surface area contributed by atoms with E-state index in [0.717, 1.165) is 12.0 Å². The number of aliphatic carboxylic acids is 1. The Morgan fingerprint density at radius 3 is 2.67 bits per heavy atom. The number of hydrogen-bond acceptors (Lipinski definition) is 5. The highest BCUT2D eigenvalue weighted by molar-refractivity contribution is 7.99. The topological polar surface area (TPSA) is 91.8 Å². The molecule has 1 fully saturated rings. The molecule has 1 aliphatic heterocycles.